The number of nitrogens with one attached hydrogen (secondary N) is 1. The Kier molecular flexibility index (Phi) is 2.64. The van der Waals surface area contributed by atoms with Crippen LogP contribution in [0.5, 0.6) is 0 Å². The minimum Gasteiger partial charge on any atom is -0.317 e. The van der Waals surface area contributed by atoms with E-state index in [0.717, 1.165) is 38.3 Å². The third-order valence-electron chi connectivity index (χ3n) is 3.46. The summed E-state index contributed by atoms with van der Waals surface area (Å²) in [6.07, 6.45) is 4.89. The van der Waals surface area contributed by atoms with Gasteiger partial charge in [-0.25, -0.2) is 4.39 Å². The molecule has 2 fully saturated rings. The first-order valence-electron chi connectivity index (χ1n) is 5.21. The fourth-order valence-corrected chi connectivity index (χ4v) is 2.70. The zero-order chi connectivity index (χ0) is 8.39. The molecule has 1 nitrogen and oxygen atoms in total. The van der Waals surface area contributed by atoms with Crippen LogP contribution in [-0.2, 0) is 0 Å². The first-order valence-corrected chi connectivity index (χ1v) is 5.21. The molecule has 0 bridgehead atoms. The van der Waals surface area contributed by atoms with E-state index in [9.17, 15) is 4.39 Å². The summed E-state index contributed by atoms with van der Waals surface area (Å²) in [5.41, 5.74) is 0. The van der Waals surface area contributed by atoms with E-state index in [-0.39, 0.29) is 0 Å². The van der Waals surface area contributed by atoms with Crippen molar-refractivity contribution in [2.75, 3.05) is 13.1 Å². The number of hydrogen-bond acceptors (Lipinski definition) is 1. The topological polar surface area (TPSA) is 12.0 Å². The molecule has 0 spiro atoms. The third-order valence-corrected chi connectivity index (χ3v) is 3.46. The Morgan fingerprint density at radius 2 is 1.67 bits per heavy atom. The molecule has 1 heterocycles. The highest BCUT2D eigenvalue weighted by Gasteiger charge is 2.31. The molecule has 12 heavy (non-hydrogen) atoms. The van der Waals surface area contributed by atoms with Crippen molar-refractivity contribution in [3.05, 3.63) is 0 Å². The number of alkyl halides is 1. The smallest absolute Gasteiger partial charge is 0.100 e. The lowest BCUT2D eigenvalue weighted by Gasteiger charge is -2.27. The lowest BCUT2D eigenvalue weighted by atomic mass is 9.84. The summed E-state index contributed by atoms with van der Waals surface area (Å²) < 4.78 is 12.9. The van der Waals surface area contributed by atoms with Crippen molar-refractivity contribution in [1.29, 1.82) is 0 Å². The van der Waals surface area contributed by atoms with Gasteiger partial charge in [0.05, 0.1) is 0 Å². The third kappa shape index (κ3) is 1.79. The molecule has 2 rings (SSSR count). The Hall–Kier alpha value is -0.110. The zero-order valence-electron chi connectivity index (χ0n) is 7.56. The Balaban J connectivity index is 1.83. The first-order chi connectivity index (χ1) is 5.86. The molecule has 0 aromatic carbocycles. The van der Waals surface area contributed by atoms with E-state index in [0.29, 0.717) is 5.92 Å². The Morgan fingerprint density at radius 1 is 0.917 bits per heavy atom. The second kappa shape index (κ2) is 3.73. The van der Waals surface area contributed by atoms with Gasteiger partial charge in [0.2, 0.25) is 0 Å². The van der Waals surface area contributed by atoms with Gasteiger partial charge in [-0.1, -0.05) is 0 Å². The van der Waals surface area contributed by atoms with E-state index in [1.54, 1.807) is 0 Å². The number of hydrogen-bond donors (Lipinski definition) is 1. The van der Waals surface area contributed by atoms with Crippen LogP contribution in [0.3, 0.4) is 0 Å². The maximum absolute atomic E-state index is 12.9. The van der Waals surface area contributed by atoms with Gasteiger partial charge >= 0.3 is 0 Å². The van der Waals surface area contributed by atoms with E-state index in [2.05, 4.69) is 5.32 Å². The monoisotopic (exact) mass is 171 g/mol. The summed E-state index contributed by atoms with van der Waals surface area (Å²) in [7, 11) is 0. The van der Waals surface area contributed by atoms with Crippen LogP contribution in [0, 0.1) is 11.8 Å². The second-order valence-corrected chi connectivity index (χ2v) is 4.26. The summed E-state index contributed by atoms with van der Waals surface area (Å²) >= 11 is 0. The van der Waals surface area contributed by atoms with E-state index < -0.39 is 6.17 Å². The largest absolute Gasteiger partial charge is 0.317 e. The van der Waals surface area contributed by atoms with Crippen LogP contribution in [0.4, 0.5) is 4.39 Å². The van der Waals surface area contributed by atoms with Crippen molar-refractivity contribution in [1.82, 2.24) is 5.32 Å². The molecule has 2 atom stereocenters. The predicted octanol–water partition coefficient (Wildman–Crippen LogP) is 2.12. The van der Waals surface area contributed by atoms with Gasteiger partial charge in [-0.3, -0.25) is 0 Å². The molecular formula is C10H18FN. The van der Waals surface area contributed by atoms with Gasteiger partial charge in [0.25, 0.3) is 0 Å². The van der Waals surface area contributed by atoms with Crippen LogP contribution in [0.25, 0.3) is 0 Å². The van der Waals surface area contributed by atoms with Crippen LogP contribution < -0.4 is 5.32 Å². The van der Waals surface area contributed by atoms with Crippen LogP contribution in [-0.4, -0.2) is 19.3 Å². The Bertz CT molecular complexity index is 140. The normalized spacial score (nSPS) is 38.8. The van der Waals surface area contributed by atoms with Gasteiger partial charge in [-0.2, -0.15) is 0 Å². The molecule has 1 aliphatic heterocycles. The Morgan fingerprint density at radius 3 is 2.25 bits per heavy atom. The maximum atomic E-state index is 12.9. The highest BCUT2D eigenvalue weighted by Crippen LogP contribution is 2.36. The van der Waals surface area contributed by atoms with E-state index in [1.807, 2.05) is 0 Å². The first kappa shape index (κ1) is 8.49. The average molecular weight is 171 g/mol. The summed E-state index contributed by atoms with van der Waals surface area (Å²) in [4.78, 5) is 0. The van der Waals surface area contributed by atoms with Gasteiger partial charge in [-0.15, -0.1) is 0 Å². The maximum Gasteiger partial charge on any atom is 0.100 e. The van der Waals surface area contributed by atoms with Crippen molar-refractivity contribution < 1.29 is 4.39 Å². The standard InChI is InChI=1S/C10H18FN/c11-10-2-1-9(7-10)8-3-5-12-6-4-8/h8-10,12H,1-7H2. The fourth-order valence-electron chi connectivity index (χ4n) is 2.70. The average Bonchev–Trinajstić information content (AvgIpc) is 2.54. The molecule has 2 heteroatoms. The number of rotatable bonds is 1. The zero-order valence-corrected chi connectivity index (χ0v) is 7.56. The van der Waals surface area contributed by atoms with Crippen molar-refractivity contribution in [2.24, 2.45) is 11.8 Å². The van der Waals surface area contributed by atoms with Gasteiger partial charge in [0, 0.05) is 0 Å². The van der Waals surface area contributed by atoms with Crippen LogP contribution in [0.2, 0.25) is 0 Å². The SMILES string of the molecule is FC1CCC(C2CCNCC2)C1. The van der Waals surface area contributed by atoms with E-state index in [4.69, 9.17) is 0 Å². The molecule has 1 aliphatic carbocycles. The number of halogens is 1. The summed E-state index contributed by atoms with van der Waals surface area (Å²) in [6, 6.07) is 0. The molecule has 2 aliphatic rings. The quantitative estimate of drug-likeness (QED) is 0.637. The lowest BCUT2D eigenvalue weighted by Crippen LogP contribution is -2.31. The summed E-state index contributed by atoms with van der Waals surface area (Å²) in [5, 5.41) is 3.36. The molecule has 0 radical (unpaired) electrons. The lowest BCUT2D eigenvalue weighted by molar-refractivity contribution is 0.244. The van der Waals surface area contributed by atoms with Crippen molar-refractivity contribution >= 4 is 0 Å². The van der Waals surface area contributed by atoms with Crippen LogP contribution in [0.15, 0.2) is 0 Å². The molecule has 0 aromatic heterocycles. The molecule has 70 valence electrons. The molecule has 1 N–H and O–H groups in total. The van der Waals surface area contributed by atoms with Crippen LogP contribution in [0.1, 0.15) is 32.1 Å². The van der Waals surface area contributed by atoms with Crippen molar-refractivity contribution in [3.8, 4) is 0 Å². The van der Waals surface area contributed by atoms with Crippen molar-refractivity contribution in [3.63, 3.8) is 0 Å². The number of piperidine rings is 1. The van der Waals surface area contributed by atoms with E-state index in [1.165, 1.54) is 12.8 Å². The molecule has 0 aromatic rings. The van der Waals surface area contributed by atoms with Crippen molar-refractivity contribution in [2.45, 2.75) is 38.3 Å². The van der Waals surface area contributed by atoms with Gasteiger partial charge < -0.3 is 5.32 Å². The van der Waals surface area contributed by atoms with Gasteiger partial charge in [-0.05, 0) is 57.0 Å². The minimum absolute atomic E-state index is 0.482. The molecule has 1 saturated heterocycles. The van der Waals surface area contributed by atoms with E-state index >= 15 is 0 Å². The minimum atomic E-state index is -0.482. The summed E-state index contributed by atoms with van der Waals surface area (Å²) in [5.74, 6) is 1.54. The van der Waals surface area contributed by atoms with Gasteiger partial charge in [0.15, 0.2) is 0 Å². The predicted molar refractivity (Wildman–Crippen MR) is 47.8 cm³/mol. The van der Waals surface area contributed by atoms with Crippen LogP contribution >= 0.6 is 0 Å². The molecule has 1 saturated carbocycles. The molecular weight excluding hydrogens is 153 g/mol. The second-order valence-electron chi connectivity index (χ2n) is 4.26. The summed E-state index contributed by atoms with van der Waals surface area (Å²) in [6.45, 7) is 2.30. The highest BCUT2D eigenvalue weighted by molar-refractivity contribution is 4.83. The highest BCUT2D eigenvalue weighted by atomic mass is 19.1. The Labute approximate surface area is 73.7 Å². The molecule has 2 unspecified atom stereocenters. The van der Waals surface area contributed by atoms with Gasteiger partial charge in [0.1, 0.15) is 6.17 Å². The fraction of sp³-hybridized carbons (Fsp3) is 1.00. The molecule has 0 amide bonds.